The van der Waals surface area contributed by atoms with Gasteiger partial charge >= 0.3 is 0 Å². The van der Waals surface area contributed by atoms with Crippen molar-refractivity contribution in [1.29, 1.82) is 0 Å². The van der Waals surface area contributed by atoms with E-state index in [9.17, 15) is 0 Å². The Morgan fingerprint density at radius 3 is 2.76 bits per heavy atom. The lowest BCUT2D eigenvalue weighted by atomic mass is 9.80. The normalized spacial score (nSPS) is 29.2. The van der Waals surface area contributed by atoms with E-state index < -0.39 is 0 Å². The number of hydrogen-bond donors (Lipinski definition) is 1. The molecule has 0 saturated heterocycles. The van der Waals surface area contributed by atoms with Gasteiger partial charge in [0.2, 0.25) is 0 Å². The second-order valence-electron chi connectivity index (χ2n) is 5.87. The third-order valence-corrected chi connectivity index (χ3v) is 4.08. The average Bonchev–Trinajstić information content (AvgIpc) is 2.28. The van der Waals surface area contributed by atoms with Gasteiger partial charge in [-0.05, 0) is 43.6 Å². The first-order valence-electron chi connectivity index (χ1n) is 6.94. The highest BCUT2D eigenvalue weighted by Crippen LogP contribution is 2.28. The summed E-state index contributed by atoms with van der Waals surface area (Å²) < 4.78 is 0. The Balaban J connectivity index is 1.86. The first kappa shape index (κ1) is 12.6. The average molecular weight is 231 g/mol. The summed E-state index contributed by atoms with van der Waals surface area (Å²) in [5, 5.41) is 3.74. The fourth-order valence-corrected chi connectivity index (χ4v) is 3.04. The molecule has 2 rings (SSSR count). The molecule has 0 heterocycles. The molecule has 0 radical (unpaired) electrons. The molecule has 0 bridgehead atoms. The summed E-state index contributed by atoms with van der Waals surface area (Å²) in [5.41, 5.74) is 2.77. The quantitative estimate of drug-likeness (QED) is 0.831. The maximum absolute atomic E-state index is 3.74. The van der Waals surface area contributed by atoms with Crippen molar-refractivity contribution in [2.75, 3.05) is 0 Å². The zero-order valence-corrected chi connectivity index (χ0v) is 11.4. The topological polar surface area (TPSA) is 12.0 Å². The van der Waals surface area contributed by atoms with Crippen molar-refractivity contribution >= 4 is 0 Å². The van der Waals surface area contributed by atoms with Crippen LogP contribution < -0.4 is 5.32 Å². The molecule has 1 aliphatic carbocycles. The van der Waals surface area contributed by atoms with Crippen LogP contribution >= 0.6 is 0 Å². The summed E-state index contributed by atoms with van der Waals surface area (Å²) in [6.45, 7) is 7.95. The Kier molecular flexibility index (Phi) is 4.22. The molecular formula is C16H25N. The van der Waals surface area contributed by atoms with E-state index in [0.717, 1.165) is 18.4 Å². The van der Waals surface area contributed by atoms with Crippen molar-refractivity contribution in [3.05, 3.63) is 35.4 Å². The molecule has 1 aliphatic rings. The van der Waals surface area contributed by atoms with E-state index >= 15 is 0 Å². The molecule has 0 aromatic heterocycles. The summed E-state index contributed by atoms with van der Waals surface area (Å²) in [6, 6.07) is 9.53. The second kappa shape index (κ2) is 5.68. The molecule has 1 saturated carbocycles. The van der Waals surface area contributed by atoms with Crippen LogP contribution in [-0.4, -0.2) is 6.04 Å². The Labute approximate surface area is 106 Å². The van der Waals surface area contributed by atoms with Gasteiger partial charge in [-0.3, -0.25) is 0 Å². The zero-order chi connectivity index (χ0) is 12.3. The molecule has 1 aromatic carbocycles. The van der Waals surface area contributed by atoms with Crippen LogP contribution in [0.3, 0.4) is 0 Å². The number of nitrogens with one attached hydrogen (secondary N) is 1. The summed E-state index contributed by atoms with van der Waals surface area (Å²) in [4.78, 5) is 0. The minimum Gasteiger partial charge on any atom is -0.310 e. The van der Waals surface area contributed by atoms with Crippen LogP contribution in [0, 0.1) is 18.8 Å². The van der Waals surface area contributed by atoms with Gasteiger partial charge in [-0.25, -0.2) is 0 Å². The number of benzene rings is 1. The molecule has 3 atom stereocenters. The van der Waals surface area contributed by atoms with E-state index in [1.54, 1.807) is 0 Å². The Hall–Kier alpha value is -0.820. The molecule has 0 spiro atoms. The number of aryl methyl sites for hydroxylation is 1. The van der Waals surface area contributed by atoms with Crippen LogP contribution in [0.2, 0.25) is 0 Å². The maximum Gasteiger partial charge on any atom is 0.0208 e. The summed E-state index contributed by atoms with van der Waals surface area (Å²) in [5.74, 6) is 1.74. The maximum atomic E-state index is 3.74. The van der Waals surface area contributed by atoms with Crippen LogP contribution in [-0.2, 0) is 6.54 Å². The number of hydrogen-bond acceptors (Lipinski definition) is 1. The second-order valence-corrected chi connectivity index (χ2v) is 5.87. The first-order valence-corrected chi connectivity index (χ1v) is 6.94. The van der Waals surface area contributed by atoms with Crippen molar-refractivity contribution in [2.45, 2.75) is 52.6 Å². The van der Waals surface area contributed by atoms with Gasteiger partial charge in [-0.2, -0.15) is 0 Å². The highest BCUT2D eigenvalue weighted by Gasteiger charge is 2.24. The van der Waals surface area contributed by atoms with Crippen molar-refractivity contribution in [2.24, 2.45) is 11.8 Å². The molecule has 1 fully saturated rings. The monoisotopic (exact) mass is 231 g/mol. The molecule has 1 nitrogen and oxygen atoms in total. The summed E-state index contributed by atoms with van der Waals surface area (Å²) in [7, 11) is 0. The molecule has 1 N–H and O–H groups in total. The van der Waals surface area contributed by atoms with Crippen LogP contribution in [0.5, 0.6) is 0 Å². The van der Waals surface area contributed by atoms with Gasteiger partial charge in [0.1, 0.15) is 0 Å². The van der Waals surface area contributed by atoms with Crippen molar-refractivity contribution in [3.63, 3.8) is 0 Å². The highest BCUT2D eigenvalue weighted by molar-refractivity contribution is 5.22. The van der Waals surface area contributed by atoms with Gasteiger partial charge in [0, 0.05) is 12.6 Å². The van der Waals surface area contributed by atoms with Crippen molar-refractivity contribution in [1.82, 2.24) is 5.32 Å². The molecule has 3 unspecified atom stereocenters. The van der Waals surface area contributed by atoms with Crippen LogP contribution in [0.4, 0.5) is 0 Å². The minimum absolute atomic E-state index is 0.715. The van der Waals surface area contributed by atoms with Gasteiger partial charge in [0.15, 0.2) is 0 Å². The standard InChI is InChI=1S/C16H25N/c1-12-5-4-6-15(10-12)11-17-16-8-7-13(2)9-14(16)3/h4-6,10,13-14,16-17H,7-9,11H2,1-3H3. The fourth-order valence-electron chi connectivity index (χ4n) is 3.04. The summed E-state index contributed by atoms with van der Waals surface area (Å²) >= 11 is 0. The SMILES string of the molecule is Cc1cccc(CNC2CCC(C)CC2C)c1. The van der Waals surface area contributed by atoms with E-state index in [1.165, 1.54) is 30.4 Å². The Morgan fingerprint density at radius 2 is 2.06 bits per heavy atom. The van der Waals surface area contributed by atoms with Crippen LogP contribution in [0.1, 0.15) is 44.2 Å². The fraction of sp³-hybridized carbons (Fsp3) is 0.625. The molecule has 1 aromatic rings. The largest absolute Gasteiger partial charge is 0.310 e. The van der Waals surface area contributed by atoms with E-state index in [2.05, 4.69) is 50.4 Å². The third kappa shape index (κ3) is 3.57. The molecule has 17 heavy (non-hydrogen) atoms. The smallest absolute Gasteiger partial charge is 0.0208 e. The Morgan fingerprint density at radius 1 is 1.24 bits per heavy atom. The van der Waals surface area contributed by atoms with Crippen LogP contribution in [0.15, 0.2) is 24.3 Å². The molecule has 94 valence electrons. The van der Waals surface area contributed by atoms with Crippen molar-refractivity contribution in [3.8, 4) is 0 Å². The lowest BCUT2D eigenvalue weighted by molar-refractivity contribution is 0.227. The minimum atomic E-state index is 0.715. The van der Waals surface area contributed by atoms with E-state index in [4.69, 9.17) is 0 Å². The molecular weight excluding hydrogens is 206 g/mol. The lowest BCUT2D eigenvalue weighted by Gasteiger charge is -2.33. The van der Waals surface area contributed by atoms with E-state index in [0.29, 0.717) is 6.04 Å². The predicted molar refractivity (Wildman–Crippen MR) is 74.0 cm³/mol. The van der Waals surface area contributed by atoms with Gasteiger partial charge in [0.05, 0.1) is 0 Å². The lowest BCUT2D eigenvalue weighted by Crippen LogP contribution is -2.38. The van der Waals surface area contributed by atoms with Crippen molar-refractivity contribution < 1.29 is 0 Å². The summed E-state index contributed by atoms with van der Waals surface area (Å²) in [6.07, 6.45) is 4.11. The third-order valence-electron chi connectivity index (χ3n) is 4.08. The van der Waals surface area contributed by atoms with Gasteiger partial charge < -0.3 is 5.32 Å². The highest BCUT2D eigenvalue weighted by atomic mass is 14.9. The molecule has 0 aliphatic heterocycles. The Bertz CT molecular complexity index is 358. The van der Waals surface area contributed by atoms with Gasteiger partial charge in [-0.1, -0.05) is 43.7 Å². The van der Waals surface area contributed by atoms with Gasteiger partial charge in [-0.15, -0.1) is 0 Å². The van der Waals surface area contributed by atoms with Gasteiger partial charge in [0.25, 0.3) is 0 Å². The first-order chi connectivity index (χ1) is 8.15. The van der Waals surface area contributed by atoms with E-state index in [1.807, 2.05) is 0 Å². The predicted octanol–water partition coefficient (Wildman–Crippen LogP) is 3.91. The molecule has 0 amide bonds. The molecule has 1 heteroatoms. The van der Waals surface area contributed by atoms with Crippen LogP contribution in [0.25, 0.3) is 0 Å². The number of rotatable bonds is 3. The van der Waals surface area contributed by atoms with E-state index in [-0.39, 0.29) is 0 Å². The zero-order valence-electron chi connectivity index (χ0n) is 11.4.